The topological polar surface area (TPSA) is 9.23 Å². The first-order valence-corrected chi connectivity index (χ1v) is 6.96. The number of hydrogen-bond donors (Lipinski definition) is 0. The molecule has 0 saturated heterocycles. The third-order valence-electron chi connectivity index (χ3n) is 3.15. The molecular weight excluding hydrogens is 244 g/mol. The third kappa shape index (κ3) is 4.58. The monoisotopic (exact) mass is 268 g/mol. The van der Waals surface area contributed by atoms with Gasteiger partial charge in [-0.05, 0) is 55.5 Å². The molecule has 0 aliphatic heterocycles. The Morgan fingerprint density at radius 3 is 2.75 bits per heavy atom. The van der Waals surface area contributed by atoms with Gasteiger partial charge in [0.05, 0.1) is 12.4 Å². The minimum Gasteiger partial charge on any atom is -0.499 e. The molecule has 1 nitrogen and oxygen atoms in total. The van der Waals surface area contributed by atoms with Gasteiger partial charge in [-0.1, -0.05) is 49.6 Å². The Hall–Kier alpha value is -2.02. The van der Waals surface area contributed by atoms with Crippen LogP contribution >= 0.6 is 0 Å². The molecule has 0 amide bonds. The van der Waals surface area contributed by atoms with Gasteiger partial charge in [-0.15, -0.1) is 0 Å². The fraction of sp³-hybridized carbons (Fsp3) is 0.263. The molecule has 1 rings (SSSR count). The van der Waals surface area contributed by atoms with Gasteiger partial charge in [0, 0.05) is 0 Å². The van der Waals surface area contributed by atoms with Crippen molar-refractivity contribution in [2.24, 2.45) is 0 Å². The molecule has 0 atom stereocenters. The van der Waals surface area contributed by atoms with Gasteiger partial charge in [0.2, 0.25) is 0 Å². The Bertz CT molecular complexity index is 533. The summed E-state index contributed by atoms with van der Waals surface area (Å²) in [4.78, 5) is 0. The first-order valence-electron chi connectivity index (χ1n) is 6.96. The van der Waals surface area contributed by atoms with Crippen molar-refractivity contribution < 1.29 is 4.74 Å². The minimum absolute atomic E-state index is 0.682. The summed E-state index contributed by atoms with van der Waals surface area (Å²) in [5.41, 5.74) is 4.74. The number of hydrogen-bond acceptors (Lipinski definition) is 1. The Kier molecular flexibility index (Phi) is 6.58. The highest BCUT2D eigenvalue weighted by Gasteiger charge is 2.05. The first kappa shape index (κ1) is 16.0. The largest absolute Gasteiger partial charge is 0.499 e. The van der Waals surface area contributed by atoms with Crippen LogP contribution in [0.25, 0.3) is 5.57 Å². The lowest BCUT2D eigenvalue weighted by atomic mass is 9.95. The molecule has 0 aliphatic rings. The normalized spacial score (nSPS) is 11.7. The summed E-state index contributed by atoms with van der Waals surface area (Å²) in [6.07, 6.45) is 8.79. The lowest BCUT2D eigenvalue weighted by molar-refractivity contribution is 0.232. The van der Waals surface area contributed by atoms with E-state index >= 15 is 0 Å². The van der Waals surface area contributed by atoms with E-state index in [0.29, 0.717) is 6.61 Å². The van der Waals surface area contributed by atoms with Crippen molar-refractivity contribution in [3.63, 3.8) is 0 Å². The molecule has 0 spiro atoms. The SMILES string of the molecule is C=C/C=C\Cc1cccc(C(=C)/C=C(\C)OCC)c1C. The fourth-order valence-electron chi connectivity index (χ4n) is 2.14. The molecule has 0 unspecified atom stereocenters. The second-order valence-corrected chi connectivity index (χ2v) is 4.67. The van der Waals surface area contributed by atoms with E-state index in [1.165, 1.54) is 16.7 Å². The van der Waals surface area contributed by atoms with Crippen LogP contribution in [-0.2, 0) is 11.2 Å². The summed E-state index contributed by atoms with van der Waals surface area (Å²) in [5.74, 6) is 0.897. The maximum atomic E-state index is 5.46. The van der Waals surface area contributed by atoms with Gasteiger partial charge in [-0.2, -0.15) is 0 Å². The van der Waals surface area contributed by atoms with Crippen molar-refractivity contribution in [1.82, 2.24) is 0 Å². The quantitative estimate of drug-likeness (QED) is 0.486. The maximum Gasteiger partial charge on any atom is 0.0934 e. The van der Waals surface area contributed by atoms with Crippen molar-refractivity contribution >= 4 is 5.57 Å². The molecule has 0 aromatic heterocycles. The summed E-state index contributed by atoms with van der Waals surface area (Å²) >= 11 is 0. The van der Waals surface area contributed by atoms with Crippen molar-refractivity contribution in [2.75, 3.05) is 6.61 Å². The average Bonchev–Trinajstić information content (AvgIpc) is 2.41. The fourth-order valence-corrected chi connectivity index (χ4v) is 2.14. The first-order chi connectivity index (χ1) is 9.60. The van der Waals surface area contributed by atoms with Gasteiger partial charge in [0.25, 0.3) is 0 Å². The Morgan fingerprint density at radius 1 is 1.35 bits per heavy atom. The van der Waals surface area contributed by atoms with Crippen LogP contribution in [0.2, 0.25) is 0 Å². The molecule has 1 aromatic rings. The highest BCUT2D eigenvalue weighted by Crippen LogP contribution is 2.23. The van der Waals surface area contributed by atoms with Gasteiger partial charge < -0.3 is 4.74 Å². The molecule has 0 fully saturated rings. The lowest BCUT2D eigenvalue weighted by Gasteiger charge is -2.11. The summed E-state index contributed by atoms with van der Waals surface area (Å²) in [7, 11) is 0. The highest BCUT2D eigenvalue weighted by atomic mass is 16.5. The zero-order chi connectivity index (χ0) is 15.0. The van der Waals surface area contributed by atoms with Crippen LogP contribution in [0.5, 0.6) is 0 Å². The van der Waals surface area contributed by atoms with Crippen LogP contribution in [0.1, 0.15) is 30.5 Å². The molecule has 20 heavy (non-hydrogen) atoms. The second-order valence-electron chi connectivity index (χ2n) is 4.67. The number of benzene rings is 1. The molecule has 0 N–H and O–H groups in total. The average molecular weight is 268 g/mol. The van der Waals surface area contributed by atoms with Crippen LogP contribution < -0.4 is 0 Å². The summed E-state index contributed by atoms with van der Waals surface area (Å²) in [6.45, 7) is 14.6. The molecule has 1 heteroatoms. The van der Waals surface area contributed by atoms with Crippen LogP contribution in [0, 0.1) is 6.92 Å². The number of rotatable bonds is 7. The summed E-state index contributed by atoms with van der Waals surface area (Å²) in [5, 5.41) is 0. The maximum absolute atomic E-state index is 5.46. The molecule has 0 heterocycles. The van der Waals surface area contributed by atoms with Crippen LogP contribution in [0.15, 0.2) is 61.4 Å². The summed E-state index contributed by atoms with van der Waals surface area (Å²) in [6, 6.07) is 6.33. The van der Waals surface area contributed by atoms with E-state index in [1.807, 2.05) is 26.0 Å². The molecule has 106 valence electrons. The van der Waals surface area contributed by atoms with Crippen LogP contribution in [0.3, 0.4) is 0 Å². The Labute approximate surface area is 123 Å². The van der Waals surface area contributed by atoms with Crippen LogP contribution in [0.4, 0.5) is 0 Å². The van der Waals surface area contributed by atoms with Gasteiger partial charge in [0.1, 0.15) is 0 Å². The molecule has 0 aliphatic carbocycles. The van der Waals surface area contributed by atoms with Gasteiger partial charge >= 0.3 is 0 Å². The van der Waals surface area contributed by atoms with E-state index in [9.17, 15) is 0 Å². The number of ether oxygens (including phenoxy) is 1. The molecule has 0 bridgehead atoms. The minimum atomic E-state index is 0.682. The lowest BCUT2D eigenvalue weighted by Crippen LogP contribution is -1.94. The van der Waals surface area contributed by atoms with Gasteiger partial charge in [-0.25, -0.2) is 0 Å². The summed E-state index contributed by atoms with van der Waals surface area (Å²) < 4.78 is 5.46. The van der Waals surface area contributed by atoms with Crippen molar-refractivity contribution in [3.05, 3.63) is 78.1 Å². The van der Waals surface area contributed by atoms with Crippen molar-refractivity contribution in [2.45, 2.75) is 27.2 Å². The van der Waals surface area contributed by atoms with E-state index in [4.69, 9.17) is 4.74 Å². The van der Waals surface area contributed by atoms with Crippen molar-refractivity contribution in [1.29, 1.82) is 0 Å². The van der Waals surface area contributed by atoms with E-state index in [2.05, 4.69) is 44.4 Å². The molecular formula is C19H24O. The molecule has 0 radical (unpaired) electrons. The Balaban J connectivity index is 2.98. The third-order valence-corrected chi connectivity index (χ3v) is 3.15. The predicted molar refractivity (Wildman–Crippen MR) is 88.6 cm³/mol. The van der Waals surface area contributed by atoms with Crippen LogP contribution in [-0.4, -0.2) is 6.61 Å². The van der Waals surface area contributed by atoms with E-state index < -0.39 is 0 Å². The highest BCUT2D eigenvalue weighted by molar-refractivity contribution is 5.75. The van der Waals surface area contributed by atoms with E-state index in [0.717, 1.165) is 17.8 Å². The zero-order valence-electron chi connectivity index (χ0n) is 12.8. The Morgan fingerprint density at radius 2 is 2.10 bits per heavy atom. The van der Waals surface area contributed by atoms with E-state index in [1.54, 1.807) is 6.08 Å². The smallest absolute Gasteiger partial charge is 0.0934 e. The van der Waals surface area contributed by atoms with Gasteiger partial charge in [0.15, 0.2) is 0 Å². The molecule has 1 aromatic carbocycles. The van der Waals surface area contributed by atoms with E-state index in [-0.39, 0.29) is 0 Å². The number of allylic oxidation sites excluding steroid dienone is 6. The molecule has 0 saturated carbocycles. The second kappa shape index (κ2) is 8.21. The van der Waals surface area contributed by atoms with Gasteiger partial charge in [-0.3, -0.25) is 0 Å². The zero-order valence-corrected chi connectivity index (χ0v) is 12.8. The predicted octanol–water partition coefficient (Wildman–Crippen LogP) is 5.23. The van der Waals surface area contributed by atoms with Crippen molar-refractivity contribution in [3.8, 4) is 0 Å². The standard InChI is InChI=1S/C19H24O/c1-6-8-9-11-18-12-10-13-19(17(18)5)15(3)14-16(4)20-7-2/h6,8-10,12-14H,1,3,7,11H2,2,4-5H3/b9-8-,16-14+.